The molecule has 2 aliphatic rings. The van der Waals surface area contributed by atoms with Gasteiger partial charge in [0.1, 0.15) is 0 Å². The molecule has 0 radical (unpaired) electrons. The number of halogens is 2. The maximum atomic E-state index is 10.8. The predicted octanol–water partition coefficient (Wildman–Crippen LogP) is -0.302. The molecule has 2 heterocycles. The zero-order valence-electron chi connectivity index (χ0n) is 6.05. The van der Waals surface area contributed by atoms with Gasteiger partial charge >= 0.3 is 0 Å². The van der Waals surface area contributed by atoms with E-state index in [1.165, 1.54) is 0 Å². The van der Waals surface area contributed by atoms with Crippen molar-refractivity contribution in [1.29, 1.82) is 0 Å². The maximum absolute atomic E-state index is 10.8. The zero-order valence-corrected chi connectivity index (χ0v) is 9.47. The third-order valence-corrected chi connectivity index (χ3v) is 1.76. The van der Waals surface area contributed by atoms with E-state index in [9.17, 15) is 9.59 Å². The number of nitrogens with one attached hydrogen (secondary N) is 2. The molecule has 2 aliphatic heterocycles. The topological polar surface area (TPSA) is 58.2 Å². The highest BCUT2D eigenvalue weighted by Crippen LogP contribution is 2.14. The van der Waals surface area contributed by atoms with Gasteiger partial charge in [0.15, 0.2) is 0 Å². The highest BCUT2D eigenvalue weighted by Gasteiger charge is 2.31. The Morgan fingerprint density at radius 2 is 1.17 bits per heavy atom. The summed E-state index contributed by atoms with van der Waals surface area (Å²) in [6.07, 6.45) is 0. The molecule has 0 aromatic rings. The molecule has 68 valence electrons. The van der Waals surface area contributed by atoms with E-state index in [4.69, 9.17) is 0 Å². The van der Waals surface area contributed by atoms with Crippen LogP contribution in [-0.4, -0.2) is 24.9 Å². The van der Waals surface area contributed by atoms with Gasteiger partial charge in [0.25, 0.3) is 0 Å². The summed E-state index contributed by atoms with van der Waals surface area (Å²) < 4.78 is 0. The minimum absolute atomic E-state index is 0. The van der Waals surface area contributed by atoms with Crippen molar-refractivity contribution in [2.45, 2.75) is 0 Å². The quantitative estimate of drug-likeness (QED) is 0.645. The number of carbonyl (C=O) groups excluding carboxylic acids is 2. The molecule has 6 heteroatoms. The first kappa shape index (κ1) is 11.6. The fourth-order valence-corrected chi connectivity index (χ4v) is 1.20. The molecule has 0 aromatic carbocycles. The van der Waals surface area contributed by atoms with Crippen molar-refractivity contribution in [1.82, 2.24) is 10.6 Å². The summed E-state index contributed by atoms with van der Waals surface area (Å²) in [5, 5.41) is 5.16. The molecule has 0 saturated carbocycles. The first-order valence-electron chi connectivity index (χ1n) is 3.07. The largest absolute Gasteiger partial charge is 0.348 e. The van der Waals surface area contributed by atoms with Gasteiger partial charge in [0, 0.05) is 24.2 Å². The molecule has 0 aromatic heterocycles. The van der Waals surface area contributed by atoms with E-state index < -0.39 is 0 Å². The smallest absolute Gasteiger partial charge is 0.249 e. The van der Waals surface area contributed by atoms with Crippen LogP contribution in [0.15, 0.2) is 11.1 Å². The van der Waals surface area contributed by atoms with Crippen molar-refractivity contribution in [2.75, 3.05) is 13.1 Å². The molecule has 2 N–H and O–H groups in total. The average Bonchev–Trinajstić information content (AvgIpc) is 2.41. The van der Waals surface area contributed by atoms with E-state index in [-0.39, 0.29) is 45.8 Å². The monoisotopic (exact) mass is 298 g/mol. The van der Waals surface area contributed by atoms with E-state index in [0.717, 1.165) is 0 Å². The van der Waals surface area contributed by atoms with Crippen molar-refractivity contribution >= 4 is 45.8 Å². The standard InChI is InChI=1S/C6H6N2O2.2BrH/c9-5-3-1-7-6(10)4(3)2-8-5;;/h1-2H2,(H,7,10)(H,8,9);2*1H. The van der Waals surface area contributed by atoms with Crippen molar-refractivity contribution in [3.05, 3.63) is 11.1 Å². The van der Waals surface area contributed by atoms with Crippen LogP contribution < -0.4 is 10.6 Å². The SMILES string of the molecule is Br.Br.O=C1NCC2=C1CNC2=O. The van der Waals surface area contributed by atoms with Crippen LogP contribution in [0, 0.1) is 0 Å². The Labute approximate surface area is 90.3 Å². The molecule has 2 amide bonds. The molecular weight excluding hydrogens is 292 g/mol. The Hall–Kier alpha value is -0.360. The maximum Gasteiger partial charge on any atom is 0.249 e. The summed E-state index contributed by atoms with van der Waals surface area (Å²) in [4.78, 5) is 21.7. The van der Waals surface area contributed by atoms with Crippen LogP contribution in [0.5, 0.6) is 0 Å². The van der Waals surface area contributed by atoms with Gasteiger partial charge in [-0.05, 0) is 0 Å². The Kier molecular flexibility index (Phi) is 3.92. The lowest BCUT2D eigenvalue weighted by atomic mass is 10.2. The second-order valence-corrected chi connectivity index (χ2v) is 2.32. The lowest BCUT2D eigenvalue weighted by Crippen LogP contribution is -2.28. The minimum Gasteiger partial charge on any atom is -0.348 e. The molecule has 0 fully saturated rings. The van der Waals surface area contributed by atoms with Crippen LogP contribution >= 0.6 is 34.0 Å². The van der Waals surface area contributed by atoms with E-state index in [0.29, 0.717) is 24.2 Å². The van der Waals surface area contributed by atoms with Gasteiger partial charge in [-0.1, -0.05) is 0 Å². The van der Waals surface area contributed by atoms with Crippen molar-refractivity contribution in [3.8, 4) is 0 Å². The zero-order chi connectivity index (χ0) is 7.14. The molecular formula is C6H8Br2N2O2. The molecule has 0 aliphatic carbocycles. The normalized spacial score (nSPS) is 19.0. The highest BCUT2D eigenvalue weighted by atomic mass is 79.9. The molecule has 4 nitrogen and oxygen atoms in total. The first-order chi connectivity index (χ1) is 4.79. The van der Waals surface area contributed by atoms with Gasteiger partial charge < -0.3 is 10.6 Å². The van der Waals surface area contributed by atoms with Crippen molar-refractivity contribution in [2.24, 2.45) is 0 Å². The summed E-state index contributed by atoms with van der Waals surface area (Å²) in [6.45, 7) is 0.806. The van der Waals surface area contributed by atoms with Gasteiger partial charge in [-0.2, -0.15) is 0 Å². The first-order valence-corrected chi connectivity index (χ1v) is 3.07. The fourth-order valence-electron chi connectivity index (χ4n) is 1.20. The van der Waals surface area contributed by atoms with Gasteiger partial charge in [-0.15, -0.1) is 34.0 Å². The summed E-state index contributed by atoms with van der Waals surface area (Å²) in [7, 11) is 0. The summed E-state index contributed by atoms with van der Waals surface area (Å²) >= 11 is 0. The van der Waals surface area contributed by atoms with Crippen molar-refractivity contribution < 1.29 is 9.59 Å². The van der Waals surface area contributed by atoms with Crippen LogP contribution in [0.4, 0.5) is 0 Å². The number of amides is 2. The van der Waals surface area contributed by atoms with Gasteiger partial charge in [-0.25, -0.2) is 0 Å². The number of hydrogen-bond acceptors (Lipinski definition) is 2. The molecule has 0 bridgehead atoms. The van der Waals surface area contributed by atoms with Gasteiger partial charge in [-0.3, -0.25) is 9.59 Å². The Morgan fingerprint density at radius 1 is 0.833 bits per heavy atom. The fraction of sp³-hybridized carbons (Fsp3) is 0.333. The van der Waals surface area contributed by atoms with Gasteiger partial charge in [0.2, 0.25) is 11.8 Å². The average molecular weight is 300 g/mol. The van der Waals surface area contributed by atoms with Crippen LogP contribution in [0.3, 0.4) is 0 Å². The van der Waals surface area contributed by atoms with E-state index in [1.54, 1.807) is 0 Å². The second-order valence-electron chi connectivity index (χ2n) is 2.32. The van der Waals surface area contributed by atoms with Crippen LogP contribution in [-0.2, 0) is 9.59 Å². The van der Waals surface area contributed by atoms with Crippen LogP contribution in [0.25, 0.3) is 0 Å². The Balaban J connectivity index is 0.000000605. The molecule has 0 saturated heterocycles. The predicted molar refractivity (Wildman–Crippen MR) is 53.7 cm³/mol. The third-order valence-electron chi connectivity index (χ3n) is 1.76. The Bertz CT molecular complexity index is 236. The number of carbonyl (C=O) groups is 2. The van der Waals surface area contributed by atoms with E-state index in [1.807, 2.05) is 0 Å². The third kappa shape index (κ3) is 1.54. The summed E-state index contributed by atoms with van der Waals surface area (Å²) in [6, 6.07) is 0. The lowest BCUT2D eigenvalue weighted by Gasteiger charge is -1.97. The van der Waals surface area contributed by atoms with Crippen molar-refractivity contribution in [3.63, 3.8) is 0 Å². The molecule has 0 unspecified atom stereocenters. The molecule has 2 rings (SSSR count). The number of hydrogen-bond donors (Lipinski definition) is 2. The van der Waals surface area contributed by atoms with Gasteiger partial charge in [0.05, 0.1) is 0 Å². The number of rotatable bonds is 0. The summed E-state index contributed by atoms with van der Waals surface area (Å²) in [5.41, 5.74) is 1.23. The molecule has 0 atom stereocenters. The summed E-state index contributed by atoms with van der Waals surface area (Å²) in [5.74, 6) is -0.207. The van der Waals surface area contributed by atoms with E-state index >= 15 is 0 Å². The van der Waals surface area contributed by atoms with Crippen LogP contribution in [0.2, 0.25) is 0 Å². The molecule has 0 spiro atoms. The minimum atomic E-state index is -0.103. The van der Waals surface area contributed by atoms with Crippen LogP contribution in [0.1, 0.15) is 0 Å². The van der Waals surface area contributed by atoms with E-state index in [2.05, 4.69) is 10.6 Å². The Morgan fingerprint density at radius 3 is 1.50 bits per heavy atom. The molecule has 12 heavy (non-hydrogen) atoms. The lowest BCUT2D eigenvalue weighted by molar-refractivity contribution is -0.116. The second kappa shape index (κ2) is 4.04. The highest BCUT2D eigenvalue weighted by molar-refractivity contribution is 8.93.